The van der Waals surface area contributed by atoms with Gasteiger partial charge in [-0.1, -0.05) is 219 Å². The van der Waals surface area contributed by atoms with Crippen LogP contribution in [0.4, 0.5) is 0 Å². The second-order valence-corrected chi connectivity index (χ2v) is 20.6. The molecule has 0 rings (SSSR count). The average molecular weight is 992 g/mol. The van der Waals surface area contributed by atoms with Crippen LogP contribution in [0.5, 0.6) is 0 Å². The molecule has 0 spiro atoms. The molecule has 0 aromatic carbocycles. The molecule has 0 saturated heterocycles. The minimum atomic E-state index is -1.27. The van der Waals surface area contributed by atoms with Crippen LogP contribution in [0.25, 0.3) is 0 Å². The first kappa shape index (κ1) is 67.8. The van der Waals surface area contributed by atoms with E-state index in [4.69, 9.17) is 23.7 Å². The maximum absolute atomic E-state index is 13.2. The van der Waals surface area contributed by atoms with Gasteiger partial charge < -0.3 is 28.8 Å². The Morgan fingerprint density at radius 3 is 0.957 bits per heavy atom. The number of allylic oxidation sites excluding steroid dienone is 4. The molecule has 0 aromatic rings. The molecule has 0 heterocycles. The molecule has 70 heavy (non-hydrogen) atoms. The number of rotatable bonds is 56. The smallest absolute Gasteiger partial charge is 0.306 e. The largest absolute Gasteiger partial charge is 0.465 e. The fraction of sp³-hybridized carbons (Fsp3) is 0.885. The van der Waals surface area contributed by atoms with E-state index in [1.807, 2.05) is 0 Å². The standard InChI is InChI=1S/C61H114O9/c1-5-9-13-17-21-23-25-27-29-31-33-35-37-39-43-47-57(63)68-54-61(53-62,55-69-58(64)48-44-40-38-36-34-32-30-28-26-24-22-18-14-10-6-2)56-70-59(65)49-50-60(66-51-45-41-19-15-11-7-3)67-52-46-42-20-16-12-8-4/h27-30,60,62H,5-26,31-56H2,1-4H3/b29-27-,30-28-. The summed E-state index contributed by atoms with van der Waals surface area (Å²) in [6.45, 7) is 8.96. The molecule has 9 nitrogen and oxygen atoms in total. The highest BCUT2D eigenvalue weighted by Crippen LogP contribution is 2.22. The zero-order valence-electron chi connectivity index (χ0n) is 46.5. The van der Waals surface area contributed by atoms with E-state index in [0.717, 1.165) is 103 Å². The molecule has 0 amide bonds. The fourth-order valence-corrected chi connectivity index (χ4v) is 8.50. The molecule has 0 saturated carbocycles. The Kier molecular flexibility index (Phi) is 52.8. The van der Waals surface area contributed by atoms with Gasteiger partial charge in [0.2, 0.25) is 0 Å². The first-order chi connectivity index (χ1) is 34.4. The molecule has 0 radical (unpaired) electrons. The van der Waals surface area contributed by atoms with Crippen molar-refractivity contribution in [2.45, 2.75) is 304 Å². The molecule has 0 aliphatic rings. The molecule has 0 bridgehead atoms. The zero-order chi connectivity index (χ0) is 51.1. The van der Waals surface area contributed by atoms with Crippen LogP contribution in [0, 0.1) is 5.41 Å². The van der Waals surface area contributed by atoms with Gasteiger partial charge in [-0.2, -0.15) is 0 Å². The predicted molar refractivity (Wildman–Crippen MR) is 293 cm³/mol. The minimum absolute atomic E-state index is 0.0731. The lowest BCUT2D eigenvalue weighted by Gasteiger charge is -2.30. The second kappa shape index (κ2) is 54.5. The van der Waals surface area contributed by atoms with Gasteiger partial charge >= 0.3 is 17.9 Å². The van der Waals surface area contributed by atoms with Crippen LogP contribution in [0.1, 0.15) is 297 Å². The topological polar surface area (TPSA) is 118 Å². The Balaban J connectivity index is 5.07. The highest BCUT2D eigenvalue weighted by Gasteiger charge is 2.35. The zero-order valence-corrected chi connectivity index (χ0v) is 46.5. The SMILES string of the molecule is CCCCCCCC/C=C\CCCCCCCC(=O)OCC(CO)(COC(=O)CCCCCCC/C=C\CCCCCCCC)COC(=O)CCC(OCCCCCCCC)OCCCCCCCC. The summed E-state index contributed by atoms with van der Waals surface area (Å²) in [6, 6.07) is 0. The molecule has 0 atom stereocenters. The number of unbranched alkanes of at least 4 members (excludes halogenated alkanes) is 32. The summed E-state index contributed by atoms with van der Waals surface area (Å²) in [6.07, 6.45) is 54.3. The summed E-state index contributed by atoms with van der Waals surface area (Å²) in [5.74, 6) is -1.20. The van der Waals surface area contributed by atoms with Crippen LogP contribution >= 0.6 is 0 Å². The van der Waals surface area contributed by atoms with E-state index >= 15 is 0 Å². The molecule has 0 fully saturated rings. The Morgan fingerprint density at radius 1 is 0.371 bits per heavy atom. The Labute approximate surface area is 432 Å². The number of carbonyl (C=O) groups excluding carboxylic acids is 3. The van der Waals surface area contributed by atoms with Gasteiger partial charge in [0.1, 0.15) is 19.8 Å². The number of hydrogen-bond donors (Lipinski definition) is 1. The average Bonchev–Trinajstić information content (AvgIpc) is 3.36. The van der Waals surface area contributed by atoms with Crippen molar-refractivity contribution in [3.63, 3.8) is 0 Å². The number of aliphatic hydroxyl groups is 1. The summed E-state index contributed by atoms with van der Waals surface area (Å²) in [5.41, 5.74) is -1.27. The van der Waals surface area contributed by atoms with Crippen LogP contribution < -0.4 is 0 Å². The Hall–Kier alpha value is -2.23. The van der Waals surface area contributed by atoms with Gasteiger partial charge in [-0.15, -0.1) is 0 Å². The predicted octanol–water partition coefficient (Wildman–Crippen LogP) is 17.5. The van der Waals surface area contributed by atoms with E-state index in [1.54, 1.807) is 0 Å². The van der Waals surface area contributed by atoms with Crippen LogP contribution in [0.3, 0.4) is 0 Å². The second-order valence-electron chi connectivity index (χ2n) is 20.6. The van der Waals surface area contributed by atoms with Crippen molar-refractivity contribution in [1.29, 1.82) is 0 Å². The molecule has 9 heteroatoms. The highest BCUT2D eigenvalue weighted by atomic mass is 16.7. The number of aliphatic hydroxyl groups excluding tert-OH is 1. The summed E-state index contributed by atoms with van der Waals surface area (Å²) < 4.78 is 29.4. The first-order valence-electron chi connectivity index (χ1n) is 30.0. The van der Waals surface area contributed by atoms with Gasteiger partial charge in [0.25, 0.3) is 0 Å². The molecule has 0 aliphatic carbocycles. The normalized spacial score (nSPS) is 12.0. The van der Waals surface area contributed by atoms with Crippen molar-refractivity contribution in [1.82, 2.24) is 0 Å². The molecular weight excluding hydrogens is 877 g/mol. The van der Waals surface area contributed by atoms with Crippen LogP contribution in [-0.4, -0.2) is 68.9 Å². The third-order valence-corrected chi connectivity index (χ3v) is 13.4. The van der Waals surface area contributed by atoms with E-state index in [2.05, 4.69) is 52.0 Å². The van der Waals surface area contributed by atoms with Crippen molar-refractivity contribution in [2.24, 2.45) is 5.41 Å². The summed E-state index contributed by atoms with van der Waals surface area (Å²) in [4.78, 5) is 39.1. The first-order valence-corrected chi connectivity index (χ1v) is 30.0. The van der Waals surface area contributed by atoms with E-state index < -0.39 is 24.3 Å². The monoisotopic (exact) mass is 991 g/mol. The maximum Gasteiger partial charge on any atom is 0.306 e. The van der Waals surface area contributed by atoms with Gasteiger partial charge in [0.05, 0.1) is 18.4 Å². The van der Waals surface area contributed by atoms with Crippen molar-refractivity contribution in [3.05, 3.63) is 24.3 Å². The Morgan fingerprint density at radius 2 is 0.643 bits per heavy atom. The van der Waals surface area contributed by atoms with E-state index in [1.165, 1.54) is 141 Å². The Bertz CT molecular complexity index is 1110. The molecule has 1 N–H and O–H groups in total. The number of carbonyl (C=O) groups is 3. The van der Waals surface area contributed by atoms with Gasteiger partial charge in [0.15, 0.2) is 6.29 Å². The van der Waals surface area contributed by atoms with Crippen LogP contribution in [-0.2, 0) is 38.1 Å². The van der Waals surface area contributed by atoms with Crippen molar-refractivity contribution >= 4 is 17.9 Å². The number of ether oxygens (including phenoxy) is 5. The van der Waals surface area contributed by atoms with E-state index in [0.29, 0.717) is 19.6 Å². The van der Waals surface area contributed by atoms with Crippen molar-refractivity contribution in [3.8, 4) is 0 Å². The molecule has 412 valence electrons. The molecular formula is C61H114O9. The summed E-state index contributed by atoms with van der Waals surface area (Å²) in [7, 11) is 0. The lowest BCUT2D eigenvalue weighted by Crippen LogP contribution is -2.42. The van der Waals surface area contributed by atoms with E-state index in [9.17, 15) is 19.5 Å². The minimum Gasteiger partial charge on any atom is -0.465 e. The third-order valence-electron chi connectivity index (χ3n) is 13.4. The summed E-state index contributed by atoms with van der Waals surface area (Å²) >= 11 is 0. The van der Waals surface area contributed by atoms with E-state index in [-0.39, 0.29) is 51.0 Å². The van der Waals surface area contributed by atoms with Gasteiger partial charge in [-0.3, -0.25) is 14.4 Å². The van der Waals surface area contributed by atoms with Crippen molar-refractivity contribution in [2.75, 3.05) is 39.6 Å². The van der Waals surface area contributed by atoms with Crippen LogP contribution in [0.15, 0.2) is 24.3 Å². The van der Waals surface area contributed by atoms with Crippen molar-refractivity contribution < 1.29 is 43.2 Å². The van der Waals surface area contributed by atoms with Gasteiger partial charge in [0, 0.05) is 32.5 Å². The number of hydrogen-bond acceptors (Lipinski definition) is 9. The molecule has 0 aromatic heterocycles. The fourth-order valence-electron chi connectivity index (χ4n) is 8.50. The van der Waals surface area contributed by atoms with Gasteiger partial charge in [-0.05, 0) is 77.0 Å². The third kappa shape index (κ3) is 48.1. The van der Waals surface area contributed by atoms with Crippen LogP contribution in [0.2, 0.25) is 0 Å². The quantitative estimate of drug-likeness (QED) is 0.0209. The number of esters is 3. The lowest BCUT2D eigenvalue weighted by atomic mass is 9.92. The maximum atomic E-state index is 13.2. The van der Waals surface area contributed by atoms with Gasteiger partial charge in [-0.25, -0.2) is 0 Å². The molecule has 0 aliphatic heterocycles. The highest BCUT2D eigenvalue weighted by molar-refractivity contribution is 5.70. The lowest BCUT2D eigenvalue weighted by molar-refractivity contribution is -0.169. The molecule has 0 unspecified atom stereocenters. The summed E-state index contributed by atoms with van der Waals surface area (Å²) in [5, 5.41) is 10.7.